The highest BCUT2D eigenvalue weighted by atomic mass is 32.1. The first-order valence-corrected chi connectivity index (χ1v) is 8.86. The molecule has 2 heterocycles. The number of aromatic nitrogens is 3. The summed E-state index contributed by atoms with van der Waals surface area (Å²) in [6, 6.07) is 1.77. The Kier molecular flexibility index (Phi) is 5.05. The van der Waals surface area contributed by atoms with Gasteiger partial charge in [0.25, 0.3) is 0 Å². The molecule has 0 aliphatic carbocycles. The Hall–Kier alpha value is -4.14. The number of fused-ring (bicyclic) bond motifs is 2. The van der Waals surface area contributed by atoms with Crippen LogP contribution in [0.15, 0.2) is 17.1 Å². The maximum atomic E-state index is 12.0. The number of hydrogen-bond acceptors (Lipinski definition) is 10. The van der Waals surface area contributed by atoms with Crippen LogP contribution in [-0.4, -0.2) is 42.2 Å². The third-order valence-electron chi connectivity index (χ3n) is 3.72. The monoisotopic (exact) mass is 433 g/mol. The molecule has 0 aliphatic rings. The molecule has 14 nitrogen and oxygen atoms in total. The predicted molar refractivity (Wildman–Crippen MR) is 102 cm³/mol. The van der Waals surface area contributed by atoms with Gasteiger partial charge in [0.15, 0.2) is 10.5 Å². The highest BCUT2D eigenvalue weighted by Gasteiger charge is 2.28. The van der Waals surface area contributed by atoms with E-state index >= 15 is 0 Å². The minimum absolute atomic E-state index is 0.0280. The molecule has 30 heavy (non-hydrogen) atoms. The van der Waals surface area contributed by atoms with Gasteiger partial charge in [-0.3, -0.25) is 34.6 Å². The van der Waals surface area contributed by atoms with Crippen molar-refractivity contribution < 1.29 is 24.2 Å². The Morgan fingerprint density at radius 2 is 1.50 bits per heavy atom. The quantitative estimate of drug-likeness (QED) is 0.428. The van der Waals surface area contributed by atoms with Gasteiger partial charge in [-0.2, -0.15) is 14.7 Å². The second-order valence-electron chi connectivity index (χ2n) is 5.87. The molecule has 0 radical (unpaired) electrons. The molecule has 0 saturated carbocycles. The van der Waals surface area contributed by atoms with Crippen LogP contribution < -0.4 is 9.81 Å². The number of amides is 3. The zero-order valence-electron chi connectivity index (χ0n) is 15.6. The first-order valence-electron chi connectivity index (χ1n) is 8.04. The number of rotatable bonds is 3. The lowest BCUT2D eigenvalue weighted by Gasteiger charge is -2.18. The zero-order chi connectivity index (χ0) is 22.3. The highest BCUT2D eigenvalue weighted by molar-refractivity contribution is 7.16. The van der Waals surface area contributed by atoms with Crippen LogP contribution in [0.5, 0.6) is 0 Å². The average molecular weight is 433 g/mol. The van der Waals surface area contributed by atoms with Crippen molar-refractivity contribution in [3.8, 4) is 0 Å². The molecule has 2 aromatic heterocycles. The number of nitro benzene ring substituents is 2. The highest BCUT2D eigenvalue weighted by Crippen LogP contribution is 2.31. The van der Waals surface area contributed by atoms with Crippen LogP contribution in [0.4, 0.5) is 11.4 Å². The number of thiazole rings is 1. The number of benzene rings is 1. The summed E-state index contributed by atoms with van der Waals surface area (Å²) in [7, 11) is 0. The number of nitrogens with zero attached hydrogens (tertiary/aromatic N) is 7. The summed E-state index contributed by atoms with van der Waals surface area (Å²) in [5, 5.41) is 23.1. The second-order valence-corrected chi connectivity index (χ2v) is 6.83. The molecule has 1 aromatic carbocycles. The zero-order valence-corrected chi connectivity index (χ0v) is 16.4. The minimum atomic E-state index is -0.931. The van der Waals surface area contributed by atoms with Gasteiger partial charge in [0.2, 0.25) is 22.5 Å². The number of carbonyl (C=O) groups excluding carboxylic acids is 3. The molecule has 0 bridgehead atoms. The van der Waals surface area contributed by atoms with Gasteiger partial charge in [-0.15, -0.1) is 0 Å². The van der Waals surface area contributed by atoms with Gasteiger partial charge in [-0.25, -0.2) is 9.97 Å². The summed E-state index contributed by atoms with van der Waals surface area (Å²) < 4.78 is 0.978. The van der Waals surface area contributed by atoms with Gasteiger partial charge >= 0.3 is 11.4 Å². The Bertz CT molecular complexity index is 1340. The molecule has 154 valence electrons. The molecule has 0 fully saturated rings. The normalized spacial score (nSPS) is 11.6. The molecular weight excluding hydrogens is 422 g/mol. The smallest absolute Gasteiger partial charge is 0.273 e. The molecule has 15 heteroatoms. The Morgan fingerprint density at radius 3 is 1.93 bits per heavy atom. The summed E-state index contributed by atoms with van der Waals surface area (Å²) in [6.45, 7) is 3.38. The first-order chi connectivity index (χ1) is 14.0. The van der Waals surface area contributed by atoms with Gasteiger partial charge in [0.1, 0.15) is 0 Å². The summed E-state index contributed by atoms with van der Waals surface area (Å²) in [5.74, 6) is -2.04. The van der Waals surface area contributed by atoms with E-state index in [1.807, 2.05) is 0 Å². The van der Waals surface area contributed by atoms with Crippen molar-refractivity contribution in [2.45, 2.75) is 20.8 Å². The number of hydrogen-bond donors (Lipinski definition) is 0. The van der Waals surface area contributed by atoms with Crippen molar-refractivity contribution in [2.75, 3.05) is 5.01 Å². The molecular formula is C15H11N7O7S. The van der Waals surface area contributed by atoms with E-state index in [2.05, 4.69) is 15.0 Å². The van der Waals surface area contributed by atoms with E-state index in [1.165, 1.54) is 0 Å². The van der Waals surface area contributed by atoms with Gasteiger partial charge in [-0.1, -0.05) is 11.3 Å². The van der Waals surface area contributed by atoms with E-state index < -0.39 is 38.9 Å². The molecule has 0 aliphatic heterocycles. The third-order valence-corrected chi connectivity index (χ3v) is 4.64. The minimum Gasteiger partial charge on any atom is -0.273 e. The first kappa shape index (κ1) is 20.6. The second kappa shape index (κ2) is 7.36. The molecule has 3 rings (SSSR count). The van der Waals surface area contributed by atoms with Gasteiger partial charge in [0, 0.05) is 20.8 Å². The summed E-state index contributed by atoms with van der Waals surface area (Å²) >= 11 is 0.807. The Labute approximate surface area is 169 Å². The number of nitro groups is 2. The maximum Gasteiger partial charge on any atom is 0.348 e. The molecule has 3 amide bonds. The molecule has 0 unspecified atom stereocenters. The Morgan fingerprint density at radius 1 is 1.00 bits per heavy atom. The van der Waals surface area contributed by atoms with Crippen LogP contribution >= 0.6 is 11.3 Å². The van der Waals surface area contributed by atoms with Crippen molar-refractivity contribution in [3.05, 3.63) is 37.2 Å². The number of carbonyl (C=O) groups is 3. The average Bonchev–Trinajstić information content (AvgIpc) is 2.94. The fraction of sp³-hybridized carbons (Fsp3) is 0.200. The van der Waals surface area contributed by atoms with E-state index in [9.17, 15) is 34.6 Å². The van der Waals surface area contributed by atoms with Crippen LogP contribution in [-0.2, 0) is 14.4 Å². The van der Waals surface area contributed by atoms with E-state index in [0.29, 0.717) is 5.01 Å². The van der Waals surface area contributed by atoms with Crippen molar-refractivity contribution in [2.24, 2.45) is 4.99 Å². The van der Waals surface area contributed by atoms with Crippen LogP contribution in [0, 0.1) is 20.2 Å². The van der Waals surface area contributed by atoms with E-state index in [0.717, 1.165) is 48.9 Å². The topological polar surface area (TPSA) is 184 Å². The summed E-state index contributed by atoms with van der Waals surface area (Å²) in [5.41, 5.74) is -1.77. The van der Waals surface area contributed by atoms with E-state index in [-0.39, 0.29) is 26.3 Å². The molecule has 0 N–H and O–H groups in total. The Balaban J connectivity index is 2.49. The third kappa shape index (κ3) is 3.48. The van der Waals surface area contributed by atoms with Crippen molar-refractivity contribution in [1.29, 1.82) is 0 Å². The largest absolute Gasteiger partial charge is 0.348 e. The lowest BCUT2D eigenvalue weighted by molar-refractivity contribution is -0.422. The van der Waals surface area contributed by atoms with Crippen LogP contribution in [0.2, 0.25) is 0 Å². The molecule has 0 atom stereocenters. The van der Waals surface area contributed by atoms with Crippen LogP contribution in [0.1, 0.15) is 20.8 Å². The summed E-state index contributed by atoms with van der Waals surface area (Å²) in [6.07, 6.45) is 0. The fourth-order valence-electron chi connectivity index (χ4n) is 2.66. The van der Waals surface area contributed by atoms with Crippen molar-refractivity contribution in [3.63, 3.8) is 0 Å². The maximum absolute atomic E-state index is 12.0. The molecule has 3 aromatic rings. The van der Waals surface area contributed by atoms with Crippen LogP contribution in [0.3, 0.4) is 0 Å². The van der Waals surface area contributed by atoms with Gasteiger partial charge < -0.3 is 0 Å². The van der Waals surface area contributed by atoms with Gasteiger partial charge in [0.05, 0.1) is 33.0 Å². The van der Waals surface area contributed by atoms with E-state index in [4.69, 9.17) is 0 Å². The number of imide groups is 1. The molecule has 0 spiro atoms. The SMILES string of the molecule is CC(=O)N=c1sc2nc3cc([N+](=O)[O-])c([N+](=O)[O-])cc3nc2n1N(C(C)=O)C(C)=O. The predicted octanol–water partition coefficient (Wildman–Crippen LogP) is 0.941. The lowest BCUT2D eigenvalue weighted by Crippen LogP contribution is -2.47. The van der Waals surface area contributed by atoms with E-state index in [1.54, 1.807) is 0 Å². The van der Waals surface area contributed by atoms with Crippen molar-refractivity contribution >= 4 is 61.9 Å². The lowest BCUT2D eigenvalue weighted by atomic mass is 10.2. The molecule has 0 saturated heterocycles. The van der Waals surface area contributed by atoms with Crippen LogP contribution in [0.25, 0.3) is 21.5 Å². The standard InChI is InChI=1S/C15H11N7O7S/c1-6(23)16-15-20(19(7(2)24)8(3)25)13-14(30-15)18-10-5-12(22(28)29)11(21(26)27)4-9(10)17-13/h4-5H,1-3H3. The summed E-state index contributed by atoms with van der Waals surface area (Å²) in [4.78, 5) is 68.3. The fourth-order valence-corrected chi connectivity index (χ4v) is 3.63. The van der Waals surface area contributed by atoms with Gasteiger partial charge in [-0.05, 0) is 0 Å². The van der Waals surface area contributed by atoms with Crippen molar-refractivity contribution in [1.82, 2.24) is 14.6 Å².